The van der Waals surface area contributed by atoms with Gasteiger partial charge in [-0.1, -0.05) is 42.5 Å². The summed E-state index contributed by atoms with van der Waals surface area (Å²) in [5, 5.41) is 14.1. The van der Waals surface area contributed by atoms with Crippen LogP contribution >= 0.6 is 0 Å². The van der Waals surface area contributed by atoms with Gasteiger partial charge in [-0.15, -0.1) is 0 Å². The number of hydrogen-bond acceptors (Lipinski definition) is 4. The third-order valence-electron chi connectivity index (χ3n) is 5.25. The first-order chi connectivity index (χ1) is 13.3. The summed E-state index contributed by atoms with van der Waals surface area (Å²) >= 11 is 0. The van der Waals surface area contributed by atoms with E-state index in [1.54, 1.807) is 0 Å². The summed E-state index contributed by atoms with van der Waals surface area (Å²) in [7, 11) is 0. The molecule has 3 aromatic rings. The van der Waals surface area contributed by atoms with Crippen LogP contribution in [0.1, 0.15) is 36.0 Å². The molecule has 0 atom stereocenters. The van der Waals surface area contributed by atoms with Gasteiger partial charge in [0.05, 0.1) is 12.1 Å². The van der Waals surface area contributed by atoms with Crippen LogP contribution in [-0.4, -0.2) is 23.2 Å². The van der Waals surface area contributed by atoms with Gasteiger partial charge in [-0.2, -0.15) is 0 Å². The fourth-order valence-corrected chi connectivity index (χ4v) is 3.84. The molecule has 4 rings (SSSR count). The van der Waals surface area contributed by atoms with E-state index in [9.17, 15) is 5.11 Å². The van der Waals surface area contributed by atoms with E-state index in [1.807, 2.05) is 12.1 Å². The maximum Gasteiger partial charge on any atom is 0.133 e. The zero-order valence-corrected chi connectivity index (χ0v) is 15.7. The summed E-state index contributed by atoms with van der Waals surface area (Å²) in [4.78, 5) is 7.45. The predicted molar refractivity (Wildman–Crippen MR) is 111 cm³/mol. The average Bonchev–Trinajstić information content (AvgIpc) is 2.74. The molecule has 0 saturated carbocycles. The SMILES string of the molecule is OCc1cccc(CNCc2cc3ccccc3nc2N2CCCCC2)c1. The molecule has 140 valence electrons. The molecule has 2 N–H and O–H groups in total. The van der Waals surface area contributed by atoms with Crippen LogP contribution in [0.15, 0.2) is 54.6 Å². The Morgan fingerprint density at radius 3 is 2.56 bits per heavy atom. The number of pyridine rings is 1. The topological polar surface area (TPSA) is 48.4 Å². The molecule has 4 heteroatoms. The number of nitrogens with zero attached hydrogens (tertiary/aromatic N) is 2. The van der Waals surface area contributed by atoms with Crippen LogP contribution in [0.4, 0.5) is 5.82 Å². The number of anilines is 1. The first-order valence-corrected chi connectivity index (χ1v) is 9.86. The third-order valence-corrected chi connectivity index (χ3v) is 5.25. The summed E-state index contributed by atoms with van der Waals surface area (Å²) < 4.78 is 0. The molecule has 1 aliphatic rings. The maximum absolute atomic E-state index is 9.31. The van der Waals surface area contributed by atoms with Gasteiger partial charge < -0.3 is 15.3 Å². The molecular weight excluding hydrogens is 334 g/mol. The van der Waals surface area contributed by atoms with Gasteiger partial charge in [0.2, 0.25) is 0 Å². The van der Waals surface area contributed by atoms with Gasteiger partial charge in [0.15, 0.2) is 0 Å². The van der Waals surface area contributed by atoms with Crippen molar-refractivity contribution in [1.82, 2.24) is 10.3 Å². The lowest BCUT2D eigenvalue weighted by Crippen LogP contribution is -2.31. The fraction of sp³-hybridized carbons (Fsp3) is 0.348. The summed E-state index contributed by atoms with van der Waals surface area (Å²) in [6, 6.07) is 18.7. The van der Waals surface area contributed by atoms with E-state index >= 15 is 0 Å². The second-order valence-corrected chi connectivity index (χ2v) is 7.29. The van der Waals surface area contributed by atoms with Crippen molar-refractivity contribution in [3.8, 4) is 0 Å². The smallest absolute Gasteiger partial charge is 0.133 e. The van der Waals surface area contributed by atoms with Gasteiger partial charge in [0.1, 0.15) is 5.82 Å². The molecule has 2 aromatic carbocycles. The number of aliphatic hydroxyl groups is 1. The van der Waals surface area contributed by atoms with Crippen molar-refractivity contribution < 1.29 is 5.11 Å². The Hall–Kier alpha value is -2.43. The number of aromatic nitrogens is 1. The Balaban J connectivity index is 1.55. The van der Waals surface area contributed by atoms with Crippen molar-refractivity contribution in [3.05, 3.63) is 71.3 Å². The molecule has 0 amide bonds. The second-order valence-electron chi connectivity index (χ2n) is 7.29. The van der Waals surface area contributed by atoms with E-state index in [4.69, 9.17) is 4.98 Å². The van der Waals surface area contributed by atoms with E-state index in [-0.39, 0.29) is 6.61 Å². The minimum atomic E-state index is 0.0849. The number of para-hydroxylation sites is 1. The normalized spacial score (nSPS) is 14.6. The fourth-order valence-electron chi connectivity index (χ4n) is 3.84. The van der Waals surface area contributed by atoms with E-state index in [0.29, 0.717) is 0 Å². The molecule has 2 heterocycles. The number of hydrogen-bond donors (Lipinski definition) is 2. The molecule has 27 heavy (non-hydrogen) atoms. The first-order valence-electron chi connectivity index (χ1n) is 9.86. The number of rotatable bonds is 6. The molecular formula is C23H27N3O. The van der Waals surface area contributed by atoms with Crippen LogP contribution in [0.2, 0.25) is 0 Å². The number of aliphatic hydroxyl groups excluding tert-OH is 1. The van der Waals surface area contributed by atoms with Gasteiger partial charge in [0, 0.05) is 37.1 Å². The summed E-state index contributed by atoms with van der Waals surface area (Å²) in [5.41, 5.74) is 4.47. The molecule has 1 aliphatic heterocycles. The van der Waals surface area contributed by atoms with E-state index in [2.05, 4.69) is 52.7 Å². The number of benzene rings is 2. The average molecular weight is 361 g/mol. The molecule has 0 aliphatic carbocycles. The van der Waals surface area contributed by atoms with Gasteiger partial charge in [-0.25, -0.2) is 4.98 Å². The van der Waals surface area contributed by atoms with E-state index in [1.165, 1.54) is 35.8 Å². The van der Waals surface area contributed by atoms with Gasteiger partial charge in [0.25, 0.3) is 0 Å². The zero-order chi connectivity index (χ0) is 18.5. The van der Waals surface area contributed by atoms with Gasteiger partial charge >= 0.3 is 0 Å². The highest BCUT2D eigenvalue weighted by atomic mass is 16.3. The van der Waals surface area contributed by atoms with Gasteiger partial charge in [-0.05, 0) is 42.5 Å². The number of nitrogens with one attached hydrogen (secondary N) is 1. The highest BCUT2D eigenvalue weighted by Crippen LogP contribution is 2.26. The molecule has 4 nitrogen and oxygen atoms in total. The largest absolute Gasteiger partial charge is 0.392 e. The molecule has 0 bridgehead atoms. The summed E-state index contributed by atoms with van der Waals surface area (Å²) in [5.74, 6) is 1.13. The minimum absolute atomic E-state index is 0.0849. The number of piperidine rings is 1. The Bertz CT molecular complexity index is 903. The highest BCUT2D eigenvalue weighted by molar-refractivity contribution is 5.81. The van der Waals surface area contributed by atoms with Crippen LogP contribution < -0.4 is 10.2 Å². The third kappa shape index (κ3) is 4.29. The van der Waals surface area contributed by atoms with Crippen LogP contribution in [0.25, 0.3) is 10.9 Å². The van der Waals surface area contributed by atoms with Crippen LogP contribution in [-0.2, 0) is 19.7 Å². The summed E-state index contributed by atoms with van der Waals surface area (Å²) in [6.07, 6.45) is 3.81. The zero-order valence-electron chi connectivity index (χ0n) is 15.7. The van der Waals surface area contributed by atoms with Crippen molar-refractivity contribution in [1.29, 1.82) is 0 Å². The van der Waals surface area contributed by atoms with Crippen LogP contribution in [0.3, 0.4) is 0 Å². The van der Waals surface area contributed by atoms with Crippen LogP contribution in [0, 0.1) is 0 Å². The van der Waals surface area contributed by atoms with Crippen molar-refractivity contribution in [2.24, 2.45) is 0 Å². The van der Waals surface area contributed by atoms with E-state index < -0.39 is 0 Å². The summed E-state index contributed by atoms with van der Waals surface area (Å²) in [6.45, 7) is 3.84. The van der Waals surface area contributed by atoms with Crippen molar-refractivity contribution in [3.63, 3.8) is 0 Å². The number of fused-ring (bicyclic) bond motifs is 1. The highest BCUT2D eigenvalue weighted by Gasteiger charge is 2.16. The molecule has 0 unspecified atom stereocenters. The molecule has 1 saturated heterocycles. The molecule has 0 spiro atoms. The van der Waals surface area contributed by atoms with Crippen LogP contribution in [0.5, 0.6) is 0 Å². The standard InChI is InChI=1S/C23H27N3O/c27-17-19-8-6-7-18(13-19)15-24-16-21-14-20-9-2-3-10-22(20)25-23(21)26-11-4-1-5-12-26/h2-3,6-10,13-14,24,27H,1,4-5,11-12,15-17H2. The Morgan fingerprint density at radius 1 is 0.889 bits per heavy atom. The quantitative estimate of drug-likeness (QED) is 0.696. The molecule has 1 fully saturated rings. The lowest BCUT2D eigenvalue weighted by atomic mass is 10.1. The monoisotopic (exact) mass is 361 g/mol. The van der Waals surface area contributed by atoms with Crippen molar-refractivity contribution in [2.45, 2.75) is 39.0 Å². The van der Waals surface area contributed by atoms with Crippen molar-refractivity contribution in [2.75, 3.05) is 18.0 Å². The first kappa shape index (κ1) is 18.0. The predicted octanol–water partition coefficient (Wildman–Crippen LogP) is 4.01. The Labute approximate surface area is 160 Å². The van der Waals surface area contributed by atoms with E-state index in [0.717, 1.165) is 43.1 Å². The molecule has 0 radical (unpaired) electrons. The van der Waals surface area contributed by atoms with Gasteiger partial charge in [-0.3, -0.25) is 0 Å². The maximum atomic E-state index is 9.31. The van der Waals surface area contributed by atoms with Crippen molar-refractivity contribution >= 4 is 16.7 Å². The lowest BCUT2D eigenvalue weighted by Gasteiger charge is -2.30. The lowest BCUT2D eigenvalue weighted by molar-refractivity contribution is 0.281. The Kier molecular flexibility index (Phi) is 5.66. The minimum Gasteiger partial charge on any atom is -0.392 e. The second kappa shape index (κ2) is 8.51. The Morgan fingerprint density at radius 2 is 1.70 bits per heavy atom. The molecule has 1 aromatic heterocycles.